The molecular formula is C27H31F3N6O3. The van der Waals surface area contributed by atoms with Crippen LogP contribution < -0.4 is 5.32 Å². The quantitative estimate of drug-likeness (QED) is 0.410. The zero-order valence-electron chi connectivity index (χ0n) is 21.8. The molecule has 0 spiro atoms. The molecule has 2 aromatic heterocycles. The molecule has 1 aromatic carbocycles. The molecule has 1 atom stereocenters. The van der Waals surface area contributed by atoms with Gasteiger partial charge in [-0.2, -0.15) is 18.3 Å². The molecule has 0 bridgehead atoms. The molecular weight excluding hydrogens is 513 g/mol. The van der Waals surface area contributed by atoms with Crippen molar-refractivity contribution in [3.05, 3.63) is 60.2 Å². The van der Waals surface area contributed by atoms with Gasteiger partial charge >= 0.3 is 12.1 Å². The van der Waals surface area contributed by atoms with Gasteiger partial charge < -0.3 is 15.3 Å². The van der Waals surface area contributed by atoms with Crippen LogP contribution in [0.4, 0.5) is 13.2 Å². The highest BCUT2D eigenvalue weighted by molar-refractivity contribution is 5.94. The van der Waals surface area contributed by atoms with Gasteiger partial charge in [-0.1, -0.05) is 32.0 Å². The number of aromatic nitrogens is 4. The van der Waals surface area contributed by atoms with E-state index in [9.17, 15) is 27.9 Å². The molecule has 12 heteroatoms. The lowest BCUT2D eigenvalue weighted by molar-refractivity contribution is -0.138. The second-order valence-corrected chi connectivity index (χ2v) is 10.5. The number of hydrogen-bond donors (Lipinski definition) is 2. The average molecular weight is 545 g/mol. The van der Waals surface area contributed by atoms with Crippen molar-refractivity contribution in [2.75, 3.05) is 19.6 Å². The van der Waals surface area contributed by atoms with Crippen LogP contribution in [0.15, 0.2) is 48.9 Å². The fourth-order valence-electron chi connectivity index (χ4n) is 4.98. The topological polar surface area (TPSA) is 113 Å². The monoisotopic (exact) mass is 544 g/mol. The standard InChI is InChI=1S/C27H31F3N6O3/c1-26(2)9-5-12-35(17-26)13-8-18(14-24(37)38)33-25(39)21-15-22(36(34-21)23-16-31-10-11-32-23)19-6-3-4-7-20(19)27(28,29)30/h3-4,6-7,10-11,15-16,18H,5,8-9,12-14,17H2,1-2H3,(H,33,39)(H,37,38)/t18-/m0/s1. The van der Waals surface area contributed by atoms with Crippen LogP contribution in [-0.2, 0) is 11.0 Å². The highest BCUT2D eigenvalue weighted by atomic mass is 19.4. The Kier molecular flexibility index (Phi) is 8.34. The Labute approximate surface area is 224 Å². The minimum atomic E-state index is -4.65. The van der Waals surface area contributed by atoms with Crippen LogP contribution in [0.3, 0.4) is 0 Å². The summed E-state index contributed by atoms with van der Waals surface area (Å²) in [5.41, 5.74) is -1.08. The highest BCUT2D eigenvalue weighted by Crippen LogP contribution is 2.37. The van der Waals surface area contributed by atoms with Crippen LogP contribution in [0.25, 0.3) is 17.1 Å². The number of rotatable bonds is 9. The number of benzene rings is 1. The number of carbonyl (C=O) groups is 2. The predicted octanol–water partition coefficient (Wildman–Crippen LogP) is 4.43. The first-order valence-electron chi connectivity index (χ1n) is 12.7. The zero-order valence-corrected chi connectivity index (χ0v) is 21.8. The van der Waals surface area contributed by atoms with Gasteiger partial charge in [0.25, 0.3) is 5.91 Å². The molecule has 0 aliphatic carbocycles. The summed E-state index contributed by atoms with van der Waals surface area (Å²) in [6.45, 7) is 6.78. The molecule has 0 saturated carbocycles. The van der Waals surface area contributed by atoms with Gasteiger partial charge in [0.1, 0.15) is 0 Å². The van der Waals surface area contributed by atoms with Gasteiger partial charge in [0.05, 0.1) is 23.9 Å². The fourth-order valence-corrected chi connectivity index (χ4v) is 4.98. The number of likely N-dealkylation sites (tertiary alicyclic amines) is 1. The lowest BCUT2D eigenvalue weighted by atomic mass is 9.84. The van der Waals surface area contributed by atoms with Gasteiger partial charge in [-0.15, -0.1) is 0 Å². The minimum Gasteiger partial charge on any atom is -0.481 e. The van der Waals surface area contributed by atoms with E-state index in [1.54, 1.807) is 0 Å². The number of amides is 1. The summed E-state index contributed by atoms with van der Waals surface area (Å²) in [5.74, 6) is -1.63. The summed E-state index contributed by atoms with van der Waals surface area (Å²) >= 11 is 0. The molecule has 4 rings (SSSR count). The lowest BCUT2D eigenvalue weighted by Gasteiger charge is -2.38. The molecule has 1 aliphatic heterocycles. The van der Waals surface area contributed by atoms with E-state index >= 15 is 0 Å². The van der Waals surface area contributed by atoms with Gasteiger partial charge in [-0.3, -0.25) is 14.6 Å². The Morgan fingerprint density at radius 1 is 1.21 bits per heavy atom. The maximum absolute atomic E-state index is 13.8. The van der Waals surface area contributed by atoms with Gasteiger partial charge in [0.15, 0.2) is 11.5 Å². The Morgan fingerprint density at radius 2 is 1.97 bits per heavy atom. The third-order valence-electron chi connectivity index (χ3n) is 6.75. The molecule has 1 fully saturated rings. The van der Waals surface area contributed by atoms with E-state index in [2.05, 4.69) is 39.1 Å². The molecule has 0 radical (unpaired) electrons. The van der Waals surface area contributed by atoms with E-state index in [1.165, 1.54) is 42.9 Å². The van der Waals surface area contributed by atoms with Crippen molar-refractivity contribution in [1.82, 2.24) is 30.0 Å². The second kappa shape index (κ2) is 11.5. The van der Waals surface area contributed by atoms with Crippen molar-refractivity contribution in [3.8, 4) is 17.1 Å². The second-order valence-electron chi connectivity index (χ2n) is 10.5. The number of hydrogen-bond acceptors (Lipinski definition) is 6. The summed E-state index contributed by atoms with van der Waals surface area (Å²) < 4.78 is 42.6. The van der Waals surface area contributed by atoms with E-state index in [4.69, 9.17) is 0 Å². The number of carbonyl (C=O) groups excluding carboxylic acids is 1. The smallest absolute Gasteiger partial charge is 0.417 e. The van der Waals surface area contributed by atoms with E-state index in [0.717, 1.165) is 36.7 Å². The Bertz CT molecular complexity index is 1310. The van der Waals surface area contributed by atoms with Crippen LogP contribution in [0.2, 0.25) is 0 Å². The van der Waals surface area contributed by atoms with E-state index in [1.807, 2.05) is 0 Å². The Hall–Kier alpha value is -3.80. The van der Waals surface area contributed by atoms with Gasteiger partial charge in [0.2, 0.25) is 0 Å². The molecule has 1 amide bonds. The number of halogens is 3. The van der Waals surface area contributed by atoms with Crippen molar-refractivity contribution in [1.29, 1.82) is 0 Å². The number of aliphatic carboxylic acids is 1. The predicted molar refractivity (Wildman–Crippen MR) is 137 cm³/mol. The summed E-state index contributed by atoms with van der Waals surface area (Å²) in [4.78, 5) is 35.1. The van der Waals surface area contributed by atoms with Crippen LogP contribution in [0.5, 0.6) is 0 Å². The molecule has 39 heavy (non-hydrogen) atoms. The van der Waals surface area contributed by atoms with Crippen LogP contribution >= 0.6 is 0 Å². The number of carboxylic acids is 1. The zero-order chi connectivity index (χ0) is 28.2. The third kappa shape index (κ3) is 7.20. The maximum atomic E-state index is 13.8. The molecule has 1 saturated heterocycles. The summed E-state index contributed by atoms with van der Waals surface area (Å²) in [6.07, 6.45) is 1.72. The Morgan fingerprint density at radius 3 is 2.64 bits per heavy atom. The van der Waals surface area contributed by atoms with E-state index in [-0.39, 0.29) is 34.6 Å². The number of piperidine rings is 1. The van der Waals surface area contributed by atoms with Crippen molar-refractivity contribution >= 4 is 11.9 Å². The fraction of sp³-hybridized carbons (Fsp3) is 0.444. The number of alkyl halides is 3. The third-order valence-corrected chi connectivity index (χ3v) is 6.75. The van der Waals surface area contributed by atoms with Crippen molar-refractivity contribution < 1.29 is 27.9 Å². The first-order valence-corrected chi connectivity index (χ1v) is 12.7. The van der Waals surface area contributed by atoms with Gasteiger partial charge in [-0.05, 0) is 43.4 Å². The maximum Gasteiger partial charge on any atom is 0.417 e. The molecule has 9 nitrogen and oxygen atoms in total. The highest BCUT2D eigenvalue weighted by Gasteiger charge is 2.35. The molecule has 0 unspecified atom stereocenters. The largest absolute Gasteiger partial charge is 0.481 e. The number of nitrogens with one attached hydrogen (secondary N) is 1. The van der Waals surface area contributed by atoms with Gasteiger partial charge in [-0.25, -0.2) is 9.67 Å². The first-order chi connectivity index (χ1) is 18.4. The Balaban J connectivity index is 1.62. The van der Waals surface area contributed by atoms with Crippen molar-refractivity contribution in [2.45, 2.75) is 51.7 Å². The van der Waals surface area contributed by atoms with Crippen molar-refractivity contribution in [3.63, 3.8) is 0 Å². The minimum absolute atomic E-state index is 0.00101. The summed E-state index contributed by atoms with van der Waals surface area (Å²) in [6, 6.07) is 5.55. The molecule has 3 aromatic rings. The summed E-state index contributed by atoms with van der Waals surface area (Å²) in [5, 5.41) is 16.4. The normalized spacial score (nSPS) is 16.5. The molecule has 3 heterocycles. The SMILES string of the molecule is CC1(C)CCCN(CC[C@@H](CC(=O)O)NC(=O)c2cc(-c3ccccc3C(F)(F)F)n(-c3cnccn3)n2)C1. The molecule has 2 N–H and O–H groups in total. The van der Waals surface area contributed by atoms with E-state index < -0.39 is 29.7 Å². The number of nitrogens with zero attached hydrogens (tertiary/aromatic N) is 5. The molecule has 1 aliphatic rings. The van der Waals surface area contributed by atoms with Crippen LogP contribution in [0.1, 0.15) is 55.6 Å². The van der Waals surface area contributed by atoms with Gasteiger partial charge in [0, 0.05) is 37.1 Å². The lowest BCUT2D eigenvalue weighted by Crippen LogP contribution is -2.44. The average Bonchev–Trinajstić information content (AvgIpc) is 3.32. The number of carboxylic acid groups (broad SMARTS) is 1. The summed E-state index contributed by atoms with van der Waals surface area (Å²) in [7, 11) is 0. The first kappa shape index (κ1) is 28.2. The molecule has 208 valence electrons. The van der Waals surface area contributed by atoms with Crippen LogP contribution in [0, 0.1) is 5.41 Å². The van der Waals surface area contributed by atoms with Crippen molar-refractivity contribution in [2.24, 2.45) is 5.41 Å². The van der Waals surface area contributed by atoms with Crippen LogP contribution in [-0.4, -0.2) is 67.3 Å². The van der Waals surface area contributed by atoms with E-state index in [0.29, 0.717) is 13.0 Å².